The number of aromatic amines is 1. The molecule has 3 aromatic heterocycles. The van der Waals surface area contributed by atoms with E-state index in [2.05, 4.69) is 61.1 Å². The first-order chi connectivity index (χ1) is 15.4. The highest BCUT2D eigenvalue weighted by Gasteiger charge is 2.16. The molecular formula is C24H22N6S. The second kappa shape index (κ2) is 9.14. The van der Waals surface area contributed by atoms with Crippen molar-refractivity contribution in [3.8, 4) is 11.5 Å². The van der Waals surface area contributed by atoms with Gasteiger partial charge < -0.3 is 9.55 Å². The summed E-state index contributed by atoms with van der Waals surface area (Å²) in [7, 11) is 0. The van der Waals surface area contributed by atoms with Crippen LogP contribution in [-0.2, 0) is 18.7 Å². The highest BCUT2D eigenvalue weighted by molar-refractivity contribution is 7.98. The third-order valence-electron chi connectivity index (χ3n) is 5.14. The summed E-state index contributed by atoms with van der Waals surface area (Å²) >= 11 is 1.71. The maximum atomic E-state index is 4.85. The van der Waals surface area contributed by atoms with Crippen molar-refractivity contribution >= 4 is 22.7 Å². The maximum absolute atomic E-state index is 4.85. The average Bonchev–Trinajstić information content (AvgIpc) is 3.48. The van der Waals surface area contributed by atoms with E-state index in [-0.39, 0.29) is 0 Å². The SMILES string of the molecule is c1ccc(CSc2nnc(-c3ccc4ccccc4n3)n2CCCc2cnc[nH]2)cc1. The summed E-state index contributed by atoms with van der Waals surface area (Å²) < 4.78 is 2.20. The number of benzene rings is 2. The van der Waals surface area contributed by atoms with Crippen molar-refractivity contribution < 1.29 is 0 Å². The molecule has 5 aromatic rings. The van der Waals surface area contributed by atoms with Crippen LogP contribution in [0.15, 0.2) is 84.4 Å². The molecule has 0 aliphatic rings. The number of imidazole rings is 1. The molecule has 0 bridgehead atoms. The van der Waals surface area contributed by atoms with Crippen LogP contribution in [0.2, 0.25) is 0 Å². The number of para-hydroxylation sites is 1. The minimum Gasteiger partial charge on any atom is -0.348 e. The van der Waals surface area contributed by atoms with Gasteiger partial charge in [-0.1, -0.05) is 66.4 Å². The zero-order valence-corrected chi connectivity index (χ0v) is 17.8. The number of pyridine rings is 1. The first-order valence-corrected chi connectivity index (χ1v) is 11.3. The molecule has 0 saturated heterocycles. The van der Waals surface area contributed by atoms with Crippen molar-refractivity contribution in [2.24, 2.45) is 0 Å². The predicted octanol–water partition coefficient (Wildman–Crippen LogP) is 5.14. The van der Waals surface area contributed by atoms with Gasteiger partial charge in [-0.05, 0) is 30.5 Å². The molecular weight excluding hydrogens is 404 g/mol. The van der Waals surface area contributed by atoms with E-state index in [0.29, 0.717) is 0 Å². The third kappa shape index (κ3) is 4.51. The van der Waals surface area contributed by atoms with Crippen molar-refractivity contribution in [3.05, 3.63) is 90.5 Å². The monoisotopic (exact) mass is 426 g/mol. The summed E-state index contributed by atoms with van der Waals surface area (Å²) in [6, 6.07) is 22.7. The van der Waals surface area contributed by atoms with E-state index >= 15 is 0 Å². The number of thioether (sulfide) groups is 1. The largest absolute Gasteiger partial charge is 0.348 e. The fourth-order valence-electron chi connectivity index (χ4n) is 3.55. The predicted molar refractivity (Wildman–Crippen MR) is 124 cm³/mol. The van der Waals surface area contributed by atoms with Crippen LogP contribution in [0.25, 0.3) is 22.4 Å². The molecule has 31 heavy (non-hydrogen) atoms. The molecule has 5 rings (SSSR count). The Morgan fingerprint density at radius 3 is 2.65 bits per heavy atom. The molecule has 0 aliphatic heterocycles. The Bertz CT molecular complexity index is 1260. The van der Waals surface area contributed by atoms with Crippen LogP contribution in [0.1, 0.15) is 17.7 Å². The van der Waals surface area contributed by atoms with Crippen molar-refractivity contribution in [2.75, 3.05) is 0 Å². The highest BCUT2D eigenvalue weighted by atomic mass is 32.2. The minimum absolute atomic E-state index is 0.811. The van der Waals surface area contributed by atoms with Crippen molar-refractivity contribution in [1.82, 2.24) is 29.7 Å². The lowest BCUT2D eigenvalue weighted by Gasteiger charge is -2.10. The lowest BCUT2D eigenvalue weighted by Crippen LogP contribution is -2.05. The van der Waals surface area contributed by atoms with Gasteiger partial charge in [-0.25, -0.2) is 9.97 Å². The zero-order valence-electron chi connectivity index (χ0n) is 17.0. The smallest absolute Gasteiger partial charge is 0.191 e. The second-order valence-corrected chi connectivity index (χ2v) is 8.24. The zero-order chi connectivity index (χ0) is 20.9. The molecule has 0 spiro atoms. The molecule has 3 heterocycles. The number of hydrogen-bond donors (Lipinski definition) is 1. The van der Waals surface area contributed by atoms with E-state index < -0.39 is 0 Å². The Kier molecular flexibility index (Phi) is 5.75. The molecule has 2 aromatic carbocycles. The molecule has 154 valence electrons. The first-order valence-electron chi connectivity index (χ1n) is 10.3. The molecule has 7 heteroatoms. The van der Waals surface area contributed by atoms with Crippen LogP contribution >= 0.6 is 11.8 Å². The van der Waals surface area contributed by atoms with E-state index in [9.17, 15) is 0 Å². The number of aryl methyl sites for hydroxylation is 1. The van der Waals surface area contributed by atoms with Gasteiger partial charge in [0.05, 0.1) is 11.8 Å². The molecule has 0 saturated carbocycles. The first kappa shape index (κ1) is 19.5. The molecule has 0 atom stereocenters. The topological polar surface area (TPSA) is 72.3 Å². The Balaban J connectivity index is 1.43. The number of nitrogens with zero attached hydrogens (tertiary/aromatic N) is 5. The van der Waals surface area contributed by atoms with E-state index in [1.165, 1.54) is 5.56 Å². The second-order valence-electron chi connectivity index (χ2n) is 7.30. The molecule has 1 N–H and O–H groups in total. The molecule has 0 unspecified atom stereocenters. The average molecular weight is 427 g/mol. The molecule has 0 radical (unpaired) electrons. The Labute approximate surface area is 184 Å². The van der Waals surface area contributed by atoms with Crippen LogP contribution < -0.4 is 0 Å². The lowest BCUT2D eigenvalue weighted by atomic mass is 10.2. The number of fused-ring (bicyclic) bond motifs is 1. The van der Waals surface area contributed by atoms with Crippen LogP contribution in [0.5, 0.6) is 0 Å². The van der Waals surface area contributed by atoms with E-state index in [4.69, 9.17) is 4.98 Å². The fraction of sp³-hybridized carbons (Fsp3) is 0.167. The summed E-state index contributed by atoms with van der Waals surface area (Å²) in [4.78, 5) is 12.1. The van der Waals surface area contributed by atoms with Crippen LogP contribution in [-0.4, -0.2) is 29.7 Å². The van der Waals surface area contributed by atoms with Crippen LogP contribution in [0.3, 0.4) is 0 Å². The van der Waals surface area contributed by atoms with Gasteiger partial charge in [0.15, 0.2) is 11.0 Å². The minimum atomic E-state index is 0.811. The molecule has 0 fully saturated rings. The van der Waals surface area contributed by atoms with E-state index in [0.717, 1.165) is 58.4 Å². The van der Waals surface area contributed by atoms with Gasteiger partial charge in [-0.2, -0.15) is 0 Å². The third-order valence-corrected chi connectivity index (χ3v) is 6.18. The molecule has 0 amide bonds. The number of hydrogen-bond acceptors (Lipinski definition) is 5. The summed E-state index contributed by atoms with van der Waals surface area (Å²) in [5.41, 5.74) is 4.21. The Morgan fingerprint density at radius 1 is 0.903 bits per heavy atom. The summed E-state index contributed by atoms with van der Waals surface area (Å²) in [6.07, 6.45) is 5.48. The van der Waals surface area contributed by atoms with E-state index in [1.807, 2.05) is 36.5 Å². The lowest BCUT2D eigenvalue weighted by molar-refractivity contribution is 0.595. The number of nitrogens with one attached hydrogen (secondary N) is 1. The quantitative estimate of drug-likeness (QED) is 0.348. The van der Waals surface area contributed by atoms with Crippen molar-refractivity contribution in [2.45, 2.75) is 30.3 Å². The van der Waals surface area contributed by atoms with Gasteiger partial charge in [-0.15, -0.1) is 10.2 Å². The number of aromatic nitrogens is 6. The van der Waals surface area contributed by atoms with Crippen LogP contribution in [0.4, 0.5) is 0 Å². The molecule has 0 aliphatic carbocycles. The van der Waals surface area contributed by atoms with Crippen LogP contribution in [0, 0.1) is 0 Å². The number of rotatable bonds is 8. The Morgan fingerprint density at radius 2 is 1.77 bits per heavy atom. The summed E-state index contributed by atoms with van der Waals surface area (Å²) in [5.74, 6) is 1.66. The van der Waals surface area contributed by atoms with Gasteiger partial charge in [0, 0.05) is 29.6 Å². The van der Waals surface area contributed by atoms with E-state index in [1.54, 1.807) is 18.1 Å². The number of H-pyrrole nitrogens is 1. The van der Waals surface area contributed by atoms with Gasteiger partial charge >= 0.3 is 0 Å². The van der Waals surface area contributed by atoms with Gasteiger partial charge in [0.2, 0.25) is 0 Å². The molecule has 6 nitrogen and oxygen atoms in total. The van der Waals surface area contributed by atoms with Gasteiger partial charge in [0.1, 0.15) is 5.69 Å². The summed E-state index contributed by atoms with van der Waals surface area (Å²) in [6.45, 7) is 0.812. The normalized spacial score (nSPS) is 11.2. The maximum Gasteiger partial charge on any atom is 0.191 e. The fourth-order valence-corrected chi connectivity index (χ4v) is 4.47. The van der Waals surface area contributed by atoms with Gasteiger partial charge in [0.25, 0.3) is 0 Å². The highest BCUT2D eigenvalue weighted by Crippen LogP contribution is 2.27. The standard InChI is InChI=1S/C24H22N6S/c1-2-7-18(8-3-1)16-31-24-29-28-23(30(24)14-6-10-20-15-25-17-26-20)22-13-12-19-9-4-5-11-21(19)27-22/h1-5,7-9,11-13,15,17H,6,10,14,16H2,(H,25,26). The van der Waals surface area contributed by atoms with Crippen molar-refractivity contribution in [1.29, 1.82) is 0 Å². The summed E-state index contributed by atoms with van der Waals surface area (Å²) in [5, 5.41) is 11.1. The van der Waals surface area contributed by atoms with Crippen molar-refractivity contribution in [3.63, 3.8) is 0 Å². The Hall–Kier alpha value is -3.45. The van der Waals surface area contributed by atoms with Gasteiger partial charge in [-0.3, -0.25) is 0 Å².